The van der Waals surface area contributed by atoms with E-state index in [2.05, 4.69) is 72.8 Å². The molecule has 0 N–H and O–H groups in total. The molecule has 0 bridgehead atoms. The van der Waals surface area contributed by atoms with Crippen molar-refractivity contribution in [2.75, 3.05) is 46.2 Å². The van der Waals surface area contributed by atoms with E-state index < -0.39 is 5.60 Å². The zero-order valence-electron chi connectivity index (χ0n) is 18.2. The molecular weight excluding hydrogens is 388 g/mol. The fourth-order valence-electron chi connectivity index (χ4n) is 3.61. The number of rotatable bonds is 14. The van der Waals surface area contributed by atoms with Crippen molar-refractivity contribution in [1.29, 1.82) is 0 Å². The van der Waals surface area contributed by atoms with Gasteiger partial charge in [-0.3, -0.25) is 0 Å². The molecule has 0 aliphatic rings. The van der Waals surface area contributed by atoms with Crippen LogP contribution in [0.4, 0.5) is 0 Å². The van der Waals surface area contributed by atoms with Crippen LogP contribution in [-0.4, -0.2) is 46.2 Å². The Morgan fingerprint density at radius 2 is 0.839 bits per heavy atom. The van der Waals surface area contributed by atoms with E-state index in [0.717, 1.165) is 16.7 Å². The molecule has 0 aliphatic carbocycles. The first-order chi connectivity index (χ1) is 15.4. The molecule has 0 unspecified atom stereocenters. The highest BCUT2D eigenvalue weighted by Crippen LogP contribution is 2.40. The standard InChI is InChI=1S/C27H32O4/c1-2-28-18-19-29-20-21-30-22-23-31-27(24-12-6-3-7-13-24,25-14-8-4-9-15-25)26-16-10-5-11-17-26/h3-17H,2,18-23H2,1H3. The van der Waals surface area contributed by atoms with Gasteiger partial charge in [0.1, 0.15) is 5.60 Å². The van der Waals surface area contributed by atoms with Crippen LogP contribution in [-0.2, 0) is 24.5 Å². The molecular formula is C27H32O4. The Bertz CT molecular complexity index is 740. The van der Waals surface area contributed by atoms with E-state index in [9.17, 15) is 0 Å². The second-order valence-corrected chi connectivity index (χ2v) is 7.05. The summed E-state index contributed by atoms with van der Waals surface area (Å²) in [7, 11) is 0. The molecule has 0 aliphatic heterocycles. The Morgan fingerprint density at radius 3 is 1.23 bits per heavy atom. The minimum absolute atomic E-state index is 0.456. The molecule has 0 atom stereocenters. The van der Waals surface area contributed by atoms with Gasteiger partial charge in [0.15, 0.2) is 0 Å². The quantitative estimate of drug-likeness (QED) is 0.270. The summed E-state index contributed by atoms with van der Waals surface area (Å²) in [5.74, 6) is 0. The van der Waals surface area contributed by atoms with E-state index in [1.807, 2.05) is 25.1 Å². The van der Waals surface area contributed by atoms with E-state index in [-0.39, 0.29) is 0 Å². The van der Waals surface area contributed by atoms with Gasteiger partial charge in [-0.2, -0.15) is 0 Å². The zero-order chi connectivity index (χ0) is 21.6. The van der Waals surface area contributed by atoms with Gasteiger partial charge in [-0.05, 0) is 23.6 Å². The predicted molar refractivity (Wildman–Crippen MR) is 123 cm³/mol. The van der Waals surface area contributed by atoms with Gasteiger partial charge in [-0.15, -0.1) is 0 Å². The van der Waals surface area contributed by atoms with E-state index in [1.165, 1.54) is 0 Å². The molecule has 3 rings (SSSR count). The molecule has 3 aromatic carbocycles. The largest absolute Gasteiger partial charge is 0.379 e. The second-order valence-electron chi connectivity index (χ2n) is 7.05. The Balaban J connectivity index is 1.70. The van der Waals surface area contributed by atoms with Gasteiger partial charge in [0.2, 0.25) is 0 Å². The second kappa shape index (κ2) is 13.0. The molecule has 0 fully saturated rings. The summed E-state index contributed by atoms with van der Waals surface area (Å²) in [5.41, 5.74) is 2.56. The lowest BCUT2D eigenvalue weighted by Crippen LogP contribution is -2.34. The van der Waals surface area contributed by atoms with Crippen LogP contribution < -0.4 is 0 Å². The third-order valence-electron chi connectivity index (χ3n) is 5.04. The maximum absolute atomic E-state index is 6.66. The average Bonchev–Trinajstić information content (AvgIpc) is 2.84. The van der Waals surface area contributed by atoms with E-state index in [1.54, 1.807) is 0 Å². The summed E-state index contributed by atoms with van der Waals surface area (Å²) >= 11 is 0. The van der Waals surface area contributed by atoms with Crippen LogP contribution >= 0.6 is 0 Å². The molecule has 4 heteroatoms. The molecule has 0 amide bonds. The van der Waals surface area contributed by atoms with Crippen molar-refractivity contribution >= 4 is 0 Å². The van der Waals surface area contributed by atoms with E-state index in [4.69, 9.17) is 18.9 Å². The summed E-state index contributed by atoms with van der Waals surface area (Å²) in [6.07, 6.45) is 0. The lowest BCUT2D eigenvalue weighted by atomic mass is 9.80. The lowest BCUT2D eigenvalue weighted by Gasteiger charge is -2.36. The first kappa shape index (κ1) is 23.2. The number of ether oxygens (including phenoxy) is 4. The van der Waals surface area contributed by atoms with E-state index in [0.29, 0.717) is 46.2 Å². The maximum atomic E-state index is 6.66. The highest BCUT2D eigenvalue weighted by Gasteiger charge is 2.37. The average molecular weight is 421 g/mol. The minimum atomic E-state index is -0.707. The first-order valence-electron chi connectivity index (χ1n) is 10.9. The van der Waals surface area contributed by atoms with Gasteiger partial charge < -0.3 is 18.9 Å². The van der Waals surface area contributed by atoms with Gasteiger partial charge in [-0.25, -0.2) is 0 Å². The third kappa shape index (κ3) is 6.49. The van der Waals surface area contributed by atoms with Crippen LogP contribution in [0.2, 0.25) is 0 Å². The molecule has 0 spiro atoms. The molecule has 3 aromatic rings. The SMILES string of the molecule is CCOCCOCCOCCOC(c1ccccc1)(c1ccccc1)c1ccccc1. The highest BCUT2D eigenvalue weighted by atomic mass is 16.6. The Morgan fingerprint density at radius 1 is 0.484 bits per heavy atom. The van der Waals surface area contributed by atoms with Crippen molar-refractivity contribution in [2.24, 2.45) is 0 Å². The molecule has 0 heterocycles. The Kier molecular flexibility index (Phi) is 9.74. The summed E-state index contributed by atoms with van der Waals surface area (Å²) in [6.45, 7) is 5.92. The Labute approximate surface area is 185 Å². The van der Waals surface area contributed by atoms with E-state index >= 15 is 0 Å². The lowest BCUT2D eigenvalue weighted by molar-refractivity contribution is -0.0366. The number of hydrogen-bond acceptors (Lipinski definition) is 4. The van der Waals surface area contributed by atoms with Gasteiger partial charge in [-0.1, -0.05) is 91.0 Å². The normalized spacial score (nSPS) is 11.5. The number of benzene rings is 3. The summed E-state index contributed by atoms with van der Waals surface area (Å²) in [6, 6.07) is 31.1. The fraction of sp³-hybridized carbons (Fsp3) is 0.333. The Hall–Kier alpha value is -2.50. The number of hydrogen-bond donors (Lipinski definition) is 0. The van der Waals surface area contributed by atoms with Gasteiger partial charge in [0, 0.05) is 6.61 Å². The third-order valence-corrected chi connectivity index (χ3v) is 5.04. The van der Waals surface area contributed by atoms with Crippen molar-refractivity contribution in [3.05, 3.63) is 108 Å². The molecule has 4 nitrogen and oxygen atoms in total. The van der Waals surface area contributed by atoms with Crippen molar-refractivity contribution in [2.45, 2.75) is 12.5 Å². The van der Waals surface area contributed by atoms with Gasteiger partial charge in [0.25, 0.3) is 0 Å². The van der Waals surface area contributed by atoms with Crippen molar-refractivity contribution in [3.8, 4) is 0 Å². The monoisotopic (exact) mass is 420 g/mol. The summed E-state index contributed by atoms with van der Waals surface area (Å²) in [5, 5.41) is 0. The first-order valence-corrected chi connectivity index (χ1v) is 10.9. The van der Waals surface area contributed by atoms with Crippen LogP contribution in [0.25, 0.3) is 0 Å². The van der Waals surface area contributed by atoms with Crippen molar-refractivity contribution in [3.63, 3.8) is 0 Å². The minimum Gasteiger partial charge on any atom is -0.379 e. The van der Waals surface area contributed by atoms with Crippen LogP contribution in [0, 0.1) is 0 Å². The van der Waals surface area contributed by atoms with Crippen LogP contribution in [0.15, 0.2) is 91.0 Å². The van der Waals surface area contributed by atoms with Crippen LogP contribution in [0.5, 0.6) is 0 Å². The van der Waals surface area contributed by atoms with Crippen LogP contribution in [0.3, 0.4) is 0 Å². The maximum Gasteiger partial charge on any atom is 0.143 e. The molecule has 31 heavy (non-hydrogen) atoms. The molecule has 0 aromatic heterocycles. The zero-order valence-corrected chi connectivity index (χ0v) is 18.2. The molecule has 0 saturated carbocycles. The fourth-order valence-corrected chi connectivity index (χ4v) is 3.61. The van der Waals surface area contributed by atoms with Gasteiger partial charge in [0.05, 0.1) is 39.6 Å². The van der Waals surface area contributed by atoms with Crippen LogP contribution in [0.1, 0.15) is 23.6 Å². The van der Waals surface area contributed by atoms with Crippen molar-refractivity contribution in [1.82, 2.24) is 0 Å². The highest BCUT2D eigenvalue weighted by molar-refractivity contribution is 5.47. The van der Waals surface area contributed by atoms with Gasteiger partial charge >= 0.3 is 0 Å². The molecule has 0 radical (unpaired) electrons. The summed E-state index contributed by atoms with van der Waals surface area (Å²) in [4.78, 5) is 0. The molecule has 0 saturated heterocycles. The molecule has 164 valence electrons. The predicted octanol–water partition coefficient (Wildman–Crippen LogP) is 5.06. The van der Waals surface area contributed by atoms with Crippen molar-refractivity contribution < 1.29 is 18.9 Å². The summed E-state index contributed by atoms with van der Waals surface area (Å²) < 4.78 is 23.2. The topological polar surface area (TPSA) is 36.9 Å². The smallest absolute Gasteiger partial charge is 0.143 e.